The number of hydrogen-bond acceptors (Lipinski definition) is 5. The van der Waals surface area contributed by atoms with Gasteiger partial charge in [-0.2, -0.15) is 0 Å². The van der Waals surface area contributed by atoms with Crippen LogP contribution in [-0.2, 0) is 33.9 Å². The molecule has 3 atom stereocenters. The van der Waals surface area contributed by atoms with Crippen LogP contribution in [0.2, 0.25) is 0 Å². The highest BCUT2D eigenvalue weighted by molar-refractivity contribution is 5.74. The summed E-state index contributed by atoms with van der Waals surface area (Å²) in [6.45, 7) is 1.62. The van der Waals surface area contributed by atoms with Gasteiger partial charge in [0, 0.05) is 32.7 Å². The highest BCUT2D eigenvalue weighted by Crippen LogP contribution is 2.25. The maximum atomic E-state index is 15.5. The van der Waals surface area contributed by atoms with Crippen molar-refractivity contribution >= 4 is 5.97 Å². The minimum atomic E-state index is -1.83. The molecule has 43 heavy (non-hydrogen) atoms. The van der Waals surface area contributed by atoms with Crippen LogP contribution >= 0.6 is 0 Å². The van der Waals surface area contributed by atoms with Crippen molar-refractivity contribution in [3.63, 3.8) is 0 Å². The van der Waals surface area contributed by atoms with Crippen molar-refractivity contribution in [1.82, 2.24) is 9.80 Å². The first-order valence-electron chi connectivity index (χ1n) is 14.6. The minimum absolute atomic E-state index is 0.112. The average molecular weight is 587 g/mol. The van der Waals surface area contributed by atoms with Gasteiger partial charge in [0.05, 0.1) is 26.4 Å². The molecule has 226 valence electrons. The topological polar surface area (TPSA) is 42.0 Å². The Hall–Kier alpha value is -3.91. The van der Waals surface area contributed by atoms with Crippen molar-refractivity contribution in [2.45, 2.75) is 38.0 Å². The lowest BCUT2D eigenvalue weighted by Crippen LogP contribution is -2.39. The summed E-state index contributed by atoms with van der Waals surface area (Å²) in [6, 6.07) is 38.9. The van der Waals surface area contributed by atoms with Crippen molar-refractivity contribution < 1.29 is 23.0 Å². The monoisotopic (exact) mass is 586 g/mol. The number of methoxy groups -OCH3 is 1. The fraction of sp³-hybridized carbons (Fsp3) is 0.306. The number of nitrogens with zero attached hydrogens (tertiary/aromatic N) is 2. The van der Waals surface area contributed by atoms with Crippen molar-refractivity contribution in [3.05, 3.63) is 144 Å². The number of carbonyl (C=O) groups is 1. The molecule has 0 amide bonds. The molecule has 7 heteroatoms. The fourth-order valence-corrected chi connectivity index (χ4v) is 5.12. The van der Waals surface area contributed by atoms with Gasteiger partial charge in [0.1, 0.15) is 6.17 Å². The van der Waals surface area contributed by atoms with Crippen LogP contribution < -0.4 is 0 Å². The standard InChI is InChI=1S/C36H40F2N2O3/c1-42-36(41)34(38)26-40(24-31-18-10-4-11-19-31)35(32-20-12-5-13-21-32)28-43-27-33(37)25-39(22-29-14-6-2-7-15-29)23-30-16-8-3-9-17-30/h2-21,33-35H,22-28H2,1H3/t33-,34+,35?/m0/s1. The van der Waals surface area contributed by atoms with E-state index in [1.54, 1.807) is 0 Å². The van der Waals surface area contributed by atoms with E-state index < -0.39 is 24.4 Å². The van der Waals surface area contributed by atoms with Crippen LogP contribution in [-0.4, -0.2) is 61.5 Å². The van der Waals surface area contributed by atoms with Gasteiger partial charge in [-0.1, -0.05) is 121 Å². The number of halogens is 2. The van der Waals surface area contributed by atoms with E-state index in [0.717, 1.165) is 22.3 Å². The molecule has 0 aromatic heterocycles. The molecule has 0 N–H and O–H groups in total. The van der Waals surface area contributed by atoms with Crippen LogP contribution in [0.4, 0.5) is 8.78 Å². The van der Waals surface area contributed by atoms with E-state index in [1.165, 1.54) is 7.11 Å². The summed E-state index contributed by atoms with van der Waals surface area (Å²) in [5.74, 6) is -0.925. The van der Waals surface area contributed by atoms with E-state index in [0.29, 0.717) is 19.6 Å². The second-order valence-electron chi connectivity index (χ2n) is 10.6. The van der Waals surface area contributed by atoms with E-state index in [4.69, 9.17) is 4.74 Å². The Bertz CT molecular complexity index is 1290. The van der Waals surface area contributed by atoms with Gasteiger partial charge in [-0.15, -0.1) is 0 Å². The molecule has 0 aliphatic heterocycles. The Labute approximate surface area is 253 Å². The van der Waals surface area contributed by atoms with Crippen LogP contribution in [0.25, 0.3) is 0 Å². The van der Waals surface area contributed by atoms with Gasteiger partial charge < -0.3 is 9.47 Å². The Morgan fingerprint density at radius 1 is 0.651 bits per heavy atom. The van der Waals surface area contributed by atoms with Gasteiger partial charge in [0.15, 0.2) is 0 Å². The molecule has 0 radical (unpaired) electrons. The van der Waals surface area contributed by atoms with E-state index >= 15 is 4.39 Å². The molecule has 0 aliphatic rings. The van der Waals surface area contributed by atoms with E-state index in [2.05, 4.69) is 9.64 Å². The summed E-state index contributed by atoms with van der Waals surface area (Å²) < 4.78 is 41.2. The molecule has 5 nitrogen and oxygen atoms in total. The molecule has 0 spiro atoms. The number of rotatable bonds is 17. The zero-order chi connectivity index (χ0) is 30.3. The third-order valence-electron chi connectivity index (χ3n) is 7.23. The van der Waals surface area contributed by atoms with E-state index in [1.807, 2.05) is 126 Å². The maximum absolute atomic E-state index is 15.5. The van der Waals surface area contributed by atoms with Crippen LogP contribution in [0.15, 0.2) is 121 Å². The van der Waals surface area contributed by atoms with Crippen molar-refractivity contribution in [2.24, 2.45) is 0 Å². The molecule has 0 aliphatic carbocycles. The normalized spacial score (nSPS) is 13.5. The predicted octanol–water partition coefficient (Wildman–Crippen LogP) is 6.80. The van der Waals surface area contributed by atoms with Crippen molar-refractivity contribution in [1.29, 1.82) is 0 Å². The largest absolute Gasteiger partial charge is 0.467 e. The summed E-state index contributed by atoms with van der Waals surface area (Å²) in [6.07, 6.45) is -3.08. The summed E-state index contributed by atoms with van der Waals surface area (Å²) >= 11 is 0. The lowest BCUT2D eigenvalue weighted by molar-refractivity contribution is -0.147. The number of benzene rings is 4. The molecule has 0 saturated carbocycles. The Kier molecular flexibility index (Phi) is 12.9. The average Bonchev–Trinajstić information content (AvgIpc) is 3.04. The van der Waals surface area contributed by atoms with Gasteiger partial charge in [0.2, 0.25) is 6.17 Å². The fourth-order valence-electron chi connectivity index (χ4n) is 5.12. The third-order valence-corrected chi connectivity index (χ3v) is 7.23. The van der Waals surface area contributed by atoms with Crippen LogP contribution in [0.1, 0.15) is 28.3 Å². The Balaban J connectivity index is 1.45. The zero-order valence-corrected chi connectivity index (χ0v) is 24.6. The van der Waals surface area contributed by atoms with Gasteiger partial charge in [-0.05, 0) is 22.3 Å². The van der Waals surface area contributed by atoms with Crippen molar-refractivity contribution in [2.75, 3.05) is 33.4 Å². The molecule has 0 fully saturated rings. The molecular weight excluding hydrogens is 546 g/mol. The summed E-state index contributed by atoms with van der Waals surface area (Å²) in [4.78, 5) is 16.0. The Morgan fingerprint density at radius 3 is 1.60 bits per heavy atom. The third kappa shape index (κ3) is 10.7. The molecule has 4 rings (SSSR count). The molecule has 0 bridgehead atoms. The number of alkyl halides is 2. The first-order valence-corrected chi connectivity index (χ1v) is 14.6. The van der Waals surface area contributed by atoms with E-state index in [9.17, 15) is 9.18 Å². The number of esters is 1. The van der Waals surface area contributed by atoms with Gasteiger partial charge in [0.25, 0.3) is 0 Å². The van der Waals surface area contributed by atoms with Gasteiger partial charge in [-0.25, -0.2) is 13.6 Å². The minimum Gasteiger partial charge on any atom is -0.467 e. The molecule has 0 heterocycles. The second kappa shape index (κ2) is 17.3. The smallest absolute Gasteiger partial charge is 0.341 e. The molecular formula is C36H40F2N2O3. The lowest BCUT2D eigenvalue weighted by atomic mass is 10.0. The summed E-state index contributed by atoms with van der Waals surface area (Å²) in [7, 11) is 1.18. The molecule has 4 aromatic rings. The number of carbonyl (C=O) groups excluding carboxylic acids is 1. The molecule has 4 aromatic carbocycles. The first kappa shape index (κ1) is 32.0. The number of ether oxygens (including phenoxy) is 2. The highest BCUT2D eigenvalue weighted by atomic mass is 19.1. The van der Waals surface area contributed by atoms with Crippen LogP contribution in [0, 0.1) is 0 Å². The summed E-state index contributed by atoms with van der Waals surface area (Å²) in [5, 5.41) is 0. The zero-order valence-electron chi connectivity index (χ0n) is 24.6. The van der Waals surface area contributed by atoms with Gasteiger partial charge in [-0.3, -0.25) is 9.80 Å². The first-order chi connectivity index (χ1) is 21.0. The van der Waals surface area contributed by atoms with E-state index in [-0.39, 0.29) is 26.3 Å². The predicted molar refractivity (Wildman–Crippen MR) is 166 cm³/mol. The second-order valence-corrected chi connectivity index (χ2v) is 10.6. The quantitative estimate of drug-likeness (QED) is 0.127. The Morgan fingerprint density at radius 2 is 1.12 bits per heavy atom. The van der Waals surface area contributed by atoms with Gasteiger partial charge >= 0.3 is 5.97 Å². The SMILES string of the molecule is COC(=O)[C@H](F)CN(Cc1ccccc1)C(COC[C@@H](F)CN(Cc1ccccc1)Cc1ccccc1)c1ccccc1. The molecule has 1 unspecified atom stereocenters. The lowest BCUT2D eigenvalue weighted by Gasteiger charge is -2.33. The highest BCUT2D eigenvalue weighted by Gasteiger charge is 2.28. The van der Waals surface area contributed by atoms with Crippen LogP contribution in [0.3, 0.4) is 0 Å². The number of hydrogen-bond donors (Lipinski definition) is 0. The summed E-state index contributed by atoms with van der Waals surface area (Å²) in [5.41, 5.74) is 4.07. The molecule has 0 saturated heterocycles. The van der Waals surface area contributed by atoms with Crippen molar-refractivity contribution in [3.8, 4) is 0 Å². The maximum Gasteiger partial charge on any atom is 0.341 e. The van der Waals surface area contributed by atoms with Crippen LogP contribution in [0.5, 0.6) is 0 Å².